The van der Waals surface area contributed by atoms with Crippen LogP contribution < -0.4 is 4.74 Å². The Kier molecular flexibility index (Phi) is 3.42. The highest BCUT2D eigenvalue weighted by atomic mass is 19.3. The Morgan fingerprint density at radius 1 is 1.24 bits per heavy atom. The molecule has 17 heavy (non-hydrogen) atoms. The van der Waals surface area contributed by atoms with Gasteiger partial charge in [-0.3, -0.25) is 0 Å². The van der Waals surface area contributed by atoms with Gasteiger partial charge in [-0.15, -0.1) is 0 Å². The molecule has 0 N–H and O–H groups in total. The Bertz CT molecular complexity index is 455. The number of hydrogen-bond acceptors (Lipinski definition) is 2. The monoisotopic (exact) mass is 239 g/mol. The summed E-state index contributed by atoms with van der Waals surface area (Å²) in [4.78, 5) is 0. The summed E-state index contributed by atoms with van der Waals surface area (Å²) in [6, 6.07) is 5.54. The van der Waals surface area contributed by atoms with Crippen LogP contribution in [-0.2, 0) is 11.3 Å². The quantitative estimate of drug-likeness (QED) is 0.789. The average molecular weight is 239 g/mol. The van der Waals surface area contributed by atoms with Gasteiger partial charge in [0.1, 0.15) is 11.8 Å². The second-order valence-corrected chi connectivity index (χ2v) is 4.85. The fourth-order valence-electron chi connectivity index (χ4n) is 1.48. The summed E-state index contributed by atoms with van der Waals surface area (Å²) < 4.78 is 31.8. The first-order chi connectivity index (χ1) is 7.72. The molecule has 0 atom stereocenters. The number of nitriles is 1. The van der Waals surface area contributed by atoms with Gasteiger partial charge in [0.05, 0.1) is 12.7 Å². The molecule has 1 rings (SSSR count). The van der Waals surface area contributed by atoms with E-state index in [-0.39, 0.29) is 16.7 Å². The molecule has 0 aliphatic heterocycles. The van der Waals surface area contributed by atoms with Crippen LogP contribution in [0.2, 0.25) is 0 Å². The van der Waals surface area contributed by atoms with Gasteiger partial charge in [-0.25, -0.2) is 0 Å². The molecule has 0 unspecified atom stereocenters. The predicted molar refractivity (Wildman–Crippen MR) is 61.2 cm³/mol. The van der Waals surface area contributed by atoms with E-state index in [2.05, 4.69) is 0 Å². The highest BCUT2D eigenvalue weighted by Crippen LogP contribution is 2.37. The van der Waals surface area contributed by atoms with Crippen molar-refractivity contribution in [3.63, 3.8) is 0 Å². The molecule has 92 valence electrons. The van der Waals surface area contributed by atoms with Crippen molar-refractivity contribution in [3.8, 4) is 11.8 Å². The molecule has 0 saturated heterocycles. The Morgan fingerprint density at radius 3 is 2.24 bits per heavy atom. The number of benzene rings is 1. The van der Waals surface area contributed by atoms with Crippen LogP contribution >= 0.6 is 0 Å². The van der Waals surface area contributed by atoms with E-state index in [1.54, 1.807) is 6.07 Å². The summed E-state index contributed by atoms with van der Waals surface area (Å²) in [5.41, 5.74) is 0.102. The molecule has 0 spiro atoms. The zero-order valence-electron chi connectivity index (χ0n) is 10.3. The topological polar surface area (TPSA) is 33.0 Å². The van der Waals surface area contributed by atoms with Crippen LogP contribution in [0.3, 0.4) is 0 Å². The molecule has 1 aromatic rings. The minimum atomic E-state index is -3.54. The maximum Gasteiger partial charge on any atom is 0.360 e. The maximum atomic E-state index is 13.5. The lowest BCUT2D eigenvalue weighted by Gasteiger charge is -2.22. The van der Waals surface area contributed by atoms with E-state index in [0.717, 1.165) is 11.6 Å². The van der Waals surface area contributed by atoms with Crippen LogP contribution in [0, 0.1) is 11.3 Å². The largest absolute Gasteiger partial charge is 0.496 e. The van der Waals surface area contributed by atoms with E-state index in [9.17, 15) is 8.78 Å². The normalized spacial score (nSPS) is 12.1. The minimum Gasteiger partial charge on any atom is -0.496 e. The van der Waals surface area contributed by atoms with Crippen molar-refractivity contribution in [2.75, 3.05) is 7.11 Å². The minimum absolute atomic E-state index is 0.0320. The van der Waals surface area contributed by atoms with E-state index in [0.29, 0.717) is 0 Å². The van der Waals surface area contributed by atoms with Crippen LogP contribution in [-0.4, -0.2) is 7.11 Å². The highest BCUT2D eigenvalue weighted by Gasteiger charge is 2.35. The number of rotatable bonds is 2. The SMILES string of the molecule is COc1ccc(C(C)(C)C)cc1C(F)(F)C#N. The molecule has 2 nitrogen and oxygen atoms in total. The molecule has 0 heterocycles. The Balaban J connectivity index is 3.42. The number of alkyl halides is 2. The standard InChI is InChI=1S/C13H15F2NO/c1-12(2,3)9-5-6-11(17-4)10(7-9)13(14,15)8-16/h5-7H,1-4H3. The Labute approximate surface area is 99.8 Å². The van der Waals surface area contributed by atoms with Crippen LogP contribution in [0.15, 0.2) is 18.2 Å². The molecule has 0 fully saturated rings. The summed E-state index contributed by atoms with van der Waals surface area (Å²) in [6.07, 6.45) is 0. The number of methoxy groups -OCH3 is 1. The zero-order valence-corrected chi connectivity index (χ0v) is 10.3. The van der Waals surface area contributed by atoms with Crippen molar-refractivity contribution in [1.29, 1.82) is 5.26 Å². The van der Waals surface area contributed by atoms with E-state index in [4.69, 9.17) is 10.00 Å². The van der Waals surface area contributed by atoms with Crippen molar-refractivity contribution < 1.29 is 13.5 Å². The smallest absolute Gasteiger partial charge is 0.360 e. The summed E-state index contributed by atoms with van der Waals surface area (Å²) in [6.45, 7) is 5.76. The second-order valence-electron chi connectivity index (χ2n) is 4.85. The van der Waals surface area contributed by atoms with E-state index < -0.39 is 5.92 Å². The second kappa shape index (κ2) is 4.33. The number of hydrogen-bond donors (Lipinski definition) is 0. The molecular formula is C13H15F2NO. The molecule has 0 aliphatic rings. The Morgan fingerprint density at radius 2 is 1.82 bits per heavy atom. The van der Waals surface area contributed by atoms with E-state index >= 15 is 0 Å². The van der Waals surface area contributed by atoms with Gasteiger partial charge in [0.25, 0.3) is 0 Å². The van der Waals surface area contributed by atoms with Crippen molar-refractivity contribution in [3.05, 3.63) is 29.3 Å². The van der Waals surface area contributed by atoms with Gasteiger partial charge in [0, 0.05) is 0 Å². The highest BCUT2D eigenvalue weighted by molar-refractivity contribution is 5.44. The third kappa shape index (κ3) is 2.73. The zero-order chi connectivity index (χ0) is 13.3. The lowest BCUT2D eigenvalue weighted by Crippen LogP contribution is -2.16. The molecule has 1 aromatic carbocycles. The lowest BCUT2D eigenvalue weighted by molar-refractivity contribution is 0.0582. The molecular weight excluding hydrogens is 224 g/mol. The lowest BCUT2D eigenvalue weighted by atomic mass is 9.85. The summed E-state index contributed by atoms with van der Waals surface area (Å²) in [5.74, 6) is -3.50. The van der Waals surface area contributed by atoms with Crippen LogP contribution in [0.25, 0.3) is 0 Å². The van der Waals surface area contributed by atoms with Crippen LogP contribution in [0.5, 0.6) is 5.75 Å². The predicted octanol–water partition coefficient (Wildman–Crippen LogP) is 3.61. The van der Waals surface area contributed by atoms with Gasteiger partial charge in [-0.2, -0.15) is 14.0 Å². The third-order valence-electron chi connectivity index (χ3n) is 2.54. The van der Waals surface area contributed by atoms with Crippen LogP contribution in [0.1, 0.15) is 31.9 Å². The number of nitrogens with zero attached hydrogens (tertiary/aromatic N) is 1. The molecule has 0 bridgehead atoms. The van der Waals surface area contributed by atoms with Gasteiger partial charge in [-0.05, 0) is 23.1 Å². The molecule has 0 aromatic heterocycles. The number of ether oxygens (including phenoxy) is 1. The van der Waals surface area contributed by atoms with Gasteiger partial charge >= 0.3 is 5.92 Å². The average Bonchev–Trinajstić information content (AvgIpc) is 2.27. The van der Waals surface area contributed by atoms with Gasteiger partial charge in [0.2, 0.25) is 0 Å². The van der Waals surface area contributed by atoms with E-state index in [1.807, 2.05) is 20.8 Å². The summed E-state index contributed by atoms with van der Waals surface area (Å²) in [7, 11) is 1.31. The third-order valence-corrected chi connectivity index (χ3v) is 2.54. The van der Waals surface area contributed by atoms with Crippen molar-refractivity contribution in [2.24, 2.45) is 0 Å². The fraction of sp³-hybridized carbons (Fsp3) is 0.462. The van der Waals surface area contributed by atoms with E-state index in [1.165, 1.54) is 19.2 Å². The summed E-state index contributed by atoms with van der Waals surface area (Å²) >= 11 is 0. The molecule has 0 aliphatic carbocycles. The molecule has 0 amide bonds. The molecule has 0 radical (unpaired) electrons. The fourth-order valence-corrected chi connectivity index (χ4v) is 1.48. The van der Waals surface area contributed by atoms with Crippen LogP contribution in [0.4, 0.5) is 8.78 Å². The molecule has 0 saturated carbocycles. The maximum absolute atomic E-state index is 13.5. The Hall–Kier alpha value is -1.63. The van der Waals surface area contributed by atoms with Crippen molar-refractivity contribution in [1.82, 2.24) is 0 Å². The first-order valence-electron chi connectivity index (χ1n) is 5.20. The molecule has 4 heteroatoms. The van der Waals surface area contributed by atoms with Gasteiger partial charge in [-0.1, -0.05) is 26.8 Å². The van der Waals surface area contributed by atoms with Crippen molar-refractivity contribution >= 4 is 0 Å². The first-order valence-corrected chi connectivity index (χ1v) is 5.20. The summed E-state index contributed by atoms with van der Waals surface area (Å²) in [5, 5.41) is 8.51. The van der Waals surface area contributed by atoms with Gasteiger partial charge in [0.15, 0.2) is 0 Å². The number of halogens is 2. The van der Waals surface area contributed by atoms with Crippen molar-refractivity contribution in [2.45, 2.75) is 32.1 Å². The van der Waals surface area contributed by atoms with Gasteiger partial charge < -0.3 is 4.74 Å². The first kappa shape index (κ1) is 13.4.